The fraction of sp³-hybridized carbons (Fsp3) is 0.812. The molecule has 4 fully saturated rings. The van der Waals surface area contributed by atoms with Crippen molar-refractivity contribution in [2.75, 3.05) is 52.5 Å². The predicted molar refractivity (Wildman–Crippen MR) is 152 cm³/mol. The van der Waals surface area contributed by atoms with Crippen LogP contribution in [-0.2, 0) is 0 Å². The number of aliphatic hydroxyl groups is 2. The molecule has 6 atom stereocenters. The minimum Gasteiger partial charge on any atom is -0.491 e. The maximum atomic E-state index is 10.7. The van der Waals surface area contributed by atoms with E-state index in [1.165, 1.54) is 25.7 Å². The Bertz CT molecular complexity index is 888. The summed E-state index contributed by atoms with van der Waals surface area (Å²) in [5, 5.41) is 21.3. The average molecular weight is 529 g/mol. The molecule has 6 heteroatoms. The number of hydrogen-bond acceptors (Lipinski definition) is 6. The topological polar surface area (TPSA) is 65.4 Å². The molecular weight excluding hydrogens is 476 g/mol. The zero-order chi connectivity index (χ0) is 27.3. The van der Waals surface area contributed by atoms with E-state index in [1.807, 2.05) is 24.3 Å². The van der Waals surface area contributed by atoms with Gasteiger partial charge in [-0.2, -0.15) is 0 Å². The normalized spacial score (nSPS) is 35.7. The van der Waals surface area contributed by atoms with E-state index in [1.54, 1.807) is 0 Å². The smallest absolute Gasteiger partial charge is 0.119 e. The van der Waals surface area contributed by atoms with Crippen molar-refractivity contribution >= 4 is 0 Å². The molecule has 1 aromatic carbocycles. The predicted octanol–water partition coefficient (Wildman–Crippen LogP) is 4.68. The Labute approximate surface area is 230 Å². The Morgan fingerprint density at radius 3 is 1.42 bits per heavy atom. The standard InChI is InChI=1S/C32H52N2O4/c1-29(2)23-11-13-31(29,5)21-33(15-23)17-25(35)19-37-27-7-9-28(10-8-27)38-20-26(36)18-34-16-24-12-14-32(6,22-34)30(24,3)4/h7-10,23-26,35-36H,11-22H2,1-6H3. The zero-order valence-electron chi connectivity index (χ0n) is 24.7. The summed E-state index contributed by atoms with van der Waals surface area (Å²) in [7, 11) is 0. The van der Waals surface area contributed by atoms with Crippen LogP contribution >= 0.6 is 0 Å². The summed E-state index contributed by atoms with van der Waals surface area (Å²) < 4.78 is 11.8. The van der Waals surface area contributed by atoms with Gasteiger partial charge in [0, 0.05) is 39.3 Å². The van der Waals surface area contributed by atoms with Gasteiger partial charge in [-0.15, -0.1) is 0 Å². The number of aliphatic hydroxyl groups excluding tert-OH is 2. The summed E-state index contributed by atoms with van der Waals surface area (Å²) in [5.41, 5.74) is 1.44. The monoisotopic (exact) mass is 528 g/mol. The van der Waals surface area contributed by atoms with E-state index in [4.69, 9.17) is 9.47 Å². The molecule has 2 aliphatic heterocycles. The summed E-state index contributed by atoms with van der Waals surface area (Å²) in [4.78, 5) is 4.88. The van der Waals surface area contributed by atoms with Crippen molar-refractivity contribution in [3.63, 3.8) is 0 Å². The van der Waals surface area contributed by atoms with E-state index >= 15 is 0 Å². The lowest BCUT2D eigenvalue weighted by atomic mass is 9.63. The molecule has 0 aromatic heterocycles. The molecule has 4 aliphatic rings. The molecule has 1 aromatic rings. The third-order valence-corrected chi connectivity index (χ3v) is 12.0. The molecule has 6 unspecified atom stereocenters. The average Bonchev–Trinajstić information content (AvgIpc) is 3.05. The Hall–Kier alpha value is -1.34. The van der Waals surface area contributed by atoms with Crippen LogP contribution in [0.3, 0.4) is 0 Å². The van der Waals surface area contributed by atoms with Crippen molar-refractivity contribution in [3.05, 3.63) is 24.3 Å². The number of ether oxygens (including phenoxy) is 2. The van der Waals surface area contributed by atoms with E-state index < -0.39 is 12.2 Å². The highest BCUT2D eigenvalue weighted by molar-refractivity contribution is 5.31. The number of fused-ring (bicyclic) bond motifs is 4. The van der Waals surface area contributed by atoms with Crippen molar-refractivity contribution in [2.45, 2.75) is 79.4 Å². The highest BCUT2D eigenvalue weighted by Gasteiger charge is 2.56. The first-order chi connectivity index (χ1) is 17.8. The second-order valence-electron chi connectivity index (χ2n) is 14.8. The lowest BCUT2D eigenvalue weighted by Gasteiger charge is -2.50. The molecule has 2 saturated carbocycles. The number of hydrogen-bond donors (Lipinski definition) is 2. The number of β-amino-alcohol motifs (C(OH)–C–C–N with tert-alkyl or cyclic N) is 2. The molecule has 0 amide bonds. The van der Waals surface area contributed by atoms with E-state index in [0.717, 1.165) is 37.7 Å². The molecule has 2 heterocycles. The van der Waals surface area contributed by atoms with Gasteiger partial charge >= 0.3 is 0 Å². The molecule has 2 saturated heterocycles. The van der Waals surface area contributed by atoms with Crippen LogP contribution in [-0.4, -0.2) is 84.7 Å². The highest BCUT2D eigenvalue weighted by Crippen LogP contribution is 2.59. The van der Waals surface area contributed by atoms with Gasteiger partial charge in [0.05, 0.1) is 0 Å². The molecule has 5 rings (SSSR count). The minimum absolute atomic E-state index is 0.284. The van der Waals surface area contributed by atoms with Crippen LogP contribution in [0.4, 0.5) is 0 Å². The summed E-state index contributed by atoms with van der Waals surface area (Å²) in [5.74, 6) is 2.88. The van der Waals surface area contributed by atoms with Gasteiger partial charge in [-0.05, 0) is 83.4 Å². The summed E-state index contributed by atoms with van der Waals surface area (Å²) in [6, 6.07) is 7.52. The van der Waals surface area contributed by atoms with Gasteiger partial charge in [0.1, 0.15) is 36.9 Å². The quantitative estimate of drug-likeness (QED) is 0.460. The second-order valence-corrected chi connectivity index (χ2v) is 14.8. The second kappa shape index (κ2) is 10.2. The van der Waals surface area contributed by atoms with E-state index in [-0.39, 0.29) is 13.2 Å². The minimum atomic E-state index is -0.511. The number of piperidine rings is 2. The first kappa shape index (κ1) is 28.2. The molecule has 4 bridgehead atoms. The van der Waals surface area contributed by atoms with Crippen molar-refractivity contribution in [1.82, 2.24) is 9.80 Å². The summed E-state index contributed by atoms with van der Waals surface area (Å²) in [6.45, 7) is 20.7. The van der Waals surface area contributed by atoms with Crippen LogP contribution in [0.25, 0.3) is 0 Å². The van der Waals surface area contributed by atoms with Gasteiger partial charge in [-0.25, -0.2) is 0 Å². The summed E-state index contributed by atoms with van der Waals surface area (Å²) >= 11 is 0. The van der Waals surface area contributed by atoms with Crippen LogP contribution in [0, 0.1) is 33.5 Å². The van der Waals surface area contributed by atoms with Gasteiger partial charge in [0.25, 0.3) is 0 Å². The Morgan fingerprint density at radius 1 is 0.711 bits per heavy atom. The molecule has 2 aliphatic carbocycles. The Kier molecular flexibility index (Phi) is 7.60. The van der Waals surface area contributed by atoms with Crippen LogP contribution in [0.15, 0.2) is 24.3 Å². The van der Waals surface area contributed by atoms with Gasteiger partial charge in [0.2, 0.25) is 0 Å². The number of benzene rings is 1. The zero-order valence-corrected chi connectivity index (χ0v) is 24.7. The molecule has 2 N–H and O–H groups in total. The molecule has 0 spiro atoms. The van der Waals surface area contributed by atoms with Crippen molar-refractivity contribution in [1.29, 1.82) is 0 Å². The Balaban J connectivity index is 1.02. The van der Waals surface area contributed by atoms with Crippen molar-refractivity contribution in [2.24, 2.45) is 33.5 Å². The van der Waals surface area contributed by atoms with Crippen molar-refractivity contribution < 1.29 is 19.7 Å². The molecule has 38 heavy (non-hydrogen) atoms. The van der Waals surface area contributed by atoms with Crippen LogP contribution in [0.5, 0.6) is 11.5 Å². The number of likely N-dealkylation sites (tertiary alicyclic amines) is 2. The lowest BCUT2D eigenvalue weighted by Crippen LogP contribution is -2.54. The third kappa shape index (κ3) is 5.23. The molecule has 6 nitrogen and oxygen atoms in total. The lowest BCUT2D eigenvalue weighted by molar-refractivity contribution is -0.0381. The summed E-state index contributed by atoms with van der Waals surface area (Å²) in [6.07, 6.45) is 4.15. The van der Waals surface area contributed by atoms with E-state index in [2.05, 4.69) is 51.3 Å². The van der Waals surface area contributed by atoms with Gasteiger partial charge < -0.3 is 19.7 Å². The van der Waals surface area contributed by atoms with E-state index in [0.29, 0.717) is 46.6 Å². The molecule has 0 radical (unpaired) electrons. The highest BCUT2D eigenvalue weighted by atomic mass is 16.5. The number of rotatable bonds is 10. The van der Waals surface area contributed by atoms with Crippen LogP contribution < -0.4 is 9.47 Å². The van der Waals surface area contributed by atoms with Gasteiger partial charge in [0.15, 0.2) is 0 Å². The fourth-order valence-electron chi connectivity index (χ4n) is 8.28. The van der Waals surface area contributed by atoms with Gasteiger partial charge in [-0.3, -0.25) is 9.80 Å². The SMILES string of the molecule is CC12CCC(CN(CC(O)COc3ccc(OCC(O)CN4CC5CCC(C)(C4)C5(C)C)cc3)C1)C2(C)C. The molecule has 214 valence electrons. The van der Waals surface area contributed by atoms with Crippen molar-refractivity contribution in [3.8, 4) is 11.5 Å². The first-order valence-corrected chi connectivity index (χ1v) is 15.0. The number of nitrogens with zero attached hydrogens (tertiary/aromatic N) is 2. The van der Waals surface area contributed by atoms with E-state index in [9.17, 15) is 10.2 Å². The first-order valence-electron chi connectivity index (χ1n) is 15.0. The fourth-order valence-corrected chi connectivity index (χ4v) is 8.28. The maximum Gasteiger partial charge on any atom is 0.119 e. The Morgan fingerprint density at radius 2 is 1.08 bits per heavy atom. The van der Waals surface area contributed by atoms with Gasteiger partial charge in [-0.1, -0.05) is 41.5 Å². The van der Waals surface area contributed by atoms with Crippen LogP contribution in [0.1, 0.15) is 67.2 Å². The van der Waals surface area contributed by atoms with Crippen LogP contribution in [0.2, 0.25) is 0 Å². The third-order valence-electron chi connectivity index (χ3n) is 12.0. The largest absolute Gasteiger partial charge is 0.491 e. The molecular formula is C32H52N2O4. The maximum absolute atomic E-state index is 10.7.